The van der Waals surface area contributed by atoms with Gasteiger partial charge < -0.3 is 24.6 Å². The van der Waals surface area contributed by atoms with Gasteiger partial charge in [-0.1, -0.05) is 50.6 Å². The molecule has 13 heteroatoms. The van der Waals surface area contributed by atoms with Crippen molar-refractivity contribution in [2.45, 2.75) is 63.4 Å². The Balaban J connectivity index is 1.62. The highest BCUT2D eigenvalue weighted by molar-refractivity contribution is 6.67. The fraction of sp³-hybridized carbons (Fsp3) is 0.444. The Morgan fingerprint density at radius 3 is 2.55 bits per heavy atom. The van der Waals surface area contributed by atoms with Crippen LogP contribution in [0.4, 0.5) is 0 Å². The molecule has 4 rings (SSSR count). The topological polar surface area (TPSA) is 166 Å². The van der Waals surface area contributed by atoms with Crippen LogP contribution in [0.2, 0.25) is 5.82 Å². The number of fused-ring (bicyclic) bond motifs is 2. The number of carbonyl (C=O) groups is 5. The lowest BCUT2D eigenvalue weighted by atomic mass is 9.57. The van der Waals surface area contributed by atoms with Crippen molar-refractivity contribution >= 4 is 36.3 Å². The number of hydrogen-bond donors (Lipinski definition) is 2. The maximum atomic E-state index is 13.9. The largest absolute Gasteiger partial charge is 0.716 e. The minimum absolute atomic E-state index is 0.0132. The molecule has 0 aliphatic carbocycles. The normalized spacial score (nSPS) is 23.1. The standard InChI is InChI=1S/C27H33BN4O8/c1-17(2)11-19(28-38-24(35)15-27(40-28,26(37)39-28)14-23(34)29-3)13-22(33)20(12-18-7-5-4-6-8-18)32-25(36)21-16-30-9-10-31-21/h4-10,16-17,19-20,39H,11-15H2,1-3H3,(H,29,34)(H,32,36)/t19-,20+,27+,28?/m1/s1. The summed E-state index contributed by atoms with van der Waals surface area (Å²) in [5, 5.41) is 5.20. The zero-order chi connectivity index (χ0) is 28.9. The first-order chi connectivity index (χ1) is 19.1. The average molecular weight is 552 g/mol. The summed E-state index contributed by atoms with van der Waals surface area (Å²) in [7, 11) is 1.41. The highest BCUT2D eigenvalue weighted by atomic mass is 16.8. The second kappa shape index (κ2) is 11.9. The minimum atomic E-state index is -2.91. The summed E-state index contributed by atoms with van der Waals surface area (Å²) in [6, 6.07) is 8.22. The lowest BCUT2D eigenvalue weighted by molar-refractivity contribution is -0.158. The molecule has 1 aromatic heterocycles. The summed E-state index contributed by atoms with van der Waals surface area (Å²) >= 11 is 0. The number of aromatic nitrogens is 2. The highest BCUT2D eigenvalue weighted by Gasteiger charge is 2.69. The molecule has 2 aromatic rings. The number of amides is 2. The van der Waals surface area contributed by atoms with Crippen LogP contribution >= 0.6 is 0 Å². The van der Waals surface area contributed by atoms with E-state index in [-0.39, 0.29) is 30.2 Å². The first-order valence-electron chi connectivity index (χ1n) is 13.2. The lowest BCUT2D eigenvalue weighted by Gasteiger charge is -2.43. The Morgan fingerprint density at radius 2 is 1.90 bits per heavy atom. The van der Waals surface area contributed by atoms with Gasteiger partial charge in [0.2, 0.25) is 11.5 Å². The van der Waals surface area contributed by atoms with Crippen molar-refractivity contribution in [1.29, 1.82) is 0 Å². The van der Waals surface area contributed by atoms with Crippen molar-refractivity contribution in [2.75, 3.05) is 7.05 Å². The number of carbonyl (C=O) groups excluding carboxylic acids is 4. The number of rotatable bonds is 12. The van der Waals surface area contributed by atoms with E-state index < -0.39 is 60.8 Å². The molecule has 3 N–H and O–H groups in total. The van der Waals surface area contributed by atoms with Crippen LogP contribution in [-0.4, -0.2) is 69.6 Å². The van der Waals surface area contributed by atoms with Gasteiger partial charge in [0.25, 0.3) is 11.9 Å². The molecule has 40 heavy (non-hydrogen) atoms. The first-order valence-corrected chi connectivity index (χ1v) is 13.2. The molecule has 2 saturated heterocycles. The van der Waals surface area contributed by atoms with Crippen molar-refractivity contribution in [2.24, 2.45) is 5.92 Å². The molecule has 0 radical (unpaired) electrons. The molecule has 3 heterocycles. The minimum Gasteiger partial charge on any atom is -0.716 e. The maximum absolute atomic E-state index is 13.9. The Morgan fingerprint density at radius 1 is 1.15 bits per heavy atom. The number of nitrogens with zero attached hydrogens (tertiary/aromatic N) is 2. The summed E-state index contributed by atoms with van der Waals surface area (Å²) in [5.41, 5.74) is -0.901. The smallest absolute Gasteiger partial charge is 0.576 e. The van der Waals surface area contributed by atoms with Gasteiger partial charge in [-0.25, -0.2) is 4.98 Å². The van der Waals surface area contributed by atoms with Crippen LogP contribution in [0.3, 0.4) is 0 Å². The van der Waals surface area contributed by atoms with E-state index in [9.17, 15) is 24.0 Å². The Bertz CT molecular complexity index is 1280. The van der Waals surface area contributed by atoms with E-state index in [1.165, 1.54) is 25.6 Å². The van der Waals surface area contributed by atoms with Gasteiger partial charge in [-0.15, -0.1) is 0 Å². The van der Waals surface area contributed by atoms with Gasteiger partial charge in [-0.3, -0.25) is 24.2 Å². The number of hydrogen-bond acceptors (Lipinski definition) is 9. The van der Waals surface area contributed by atoms with Crippen molar-refractivity contribution < 1.29 is 37.9 Å². The van der Waals surface area contributed by atoms with Crippen molar-refractivity contribution in [3.63, 3.8) is 0 Å². The van der Waals surface area contributed by atoms with Crippen molar-refractivity contribution in [3.8, 4) is 0 Å². The van der Waals surface area contributed by atoms with Crippen LogP contribution in [-0.2, 0) is 34.9 Å². The van der Waals surface area contributed by atoms with Crippen LogP contribution in [0.15, 0.2) is 48.9 Å². The van der Waals surface area contributed by atoms with Crippen molar-refractivity contribution in [1.82, 2.24) is 20.6 Å². The molecule has 1 aromatic carbocycles. The third kappa shape index (κ3) is 6.36. The van der Waals surface area contributed by atoms with Crippen LogP contribution in [0.25, 0.3) is 0 Å². The molecule has 12 nitrogen and oxygen atoms in total. The number of ketones is 1. The number of nitrogens with one attached hydrogen (secondary N) is 2. The van der Waals surface area contributed by atoms with E-state index in [0.29, 0.717) is 6.42 Å². The summed E-state index contributed by atoms with van der Waals surface area (Å²) in [4.78, 5) is 72.7. The molecule has 2 amide bonds. The summed E-state index contributed by atoms with van der Waals surface area (Å²) in [5.74, 6) is -3.67. The second-order valence-corrected chi connectivity index (χ2v) is 10.7. The van der Waals surface area contributed by atoms with Gasteiger partial charge in [0.05, 0.1) is 25.1 Å². The van der Waals surface area contributed by atoms with Crippen LogP contribution in [0, 0.1) is 5.92 Å². The summed E-state index contributed by atoms with van der Waals surface area (Å²) in [6.45, 7) is 0.922. The van der Waals surface area contributed by atoms with Gasteiger partial charge in [0, 0.05) is 24.2 Å². The zero-order valence-corrected chi connectivity index (χ0v) is 22.7. The third-order valence-corrected chi connectivity index (χ3v) is 7.14. The lowest BCUT2D eigenvalue weighted by Crippen LogP contribution is -2.57. The van der Waals surface area contributed by atoms with Crippen molar-refractivity contribution in [3.05, 3.63) is 60.2 Å². The maximum Gasteiger partial charge on any atom is 0.576 e. The van der Waals surface area contributed by atoms with Gasteiger partial charge in [-0.05, 0) is 30.1 Å². The zero-order valence-electron chi connectivity index (χ0n) is 22.7. The molecular weight excluding hydrogens is 519 g/mol. The molecule has 2 bridgehead atoms. The fourth-order valence-corrected chi connectivity index (χ4v) is 5.29. The fourth-order valence-electron chi connectivity index (χ4n) is 5.29. The highest BCUT2D eigenvalue weighted by Crippen LogP contribution is 2.47. The Labute approximate surface area is 231 Å². The summed E-state index contributed by atoms with van der Waals surface area (Å²) in [6.07, 6.45) is 3.60. The molecule has 2 aliphatic heterocycles. The molecule has 2 aliphatic rings. The van der Waals surface area contributed by atoms with E-state index in [2.05, 4.69) is 25.3 Å². The molecule has 212 valence electrons. The second-order valence-electron chi connectivity index (χ2n) is 10.7. The number of carboxylic acids is 1. The quantitative estimate of drug-likeness (QED) is 0.289. The first kappa shape index (κ1) is 28.9. The van der Waals surface area contributed by atoms with Crippen LogP contribution in [0.1, 0.15) is 55.6 Å². The van der Waals surface area contributed by atoms with E-state index in [1.54, 1.807) is 0 Å². The van der Waals surface area contributed by atoms with Crippen LogP contribution < -0.4 is 10.6 Å². The SMILES string of the molecule is CNC(=O)C[C@@]12CC(=O)O[B-]([C@@H](CC(=O)[C@H](Cc3ccccc3)NC(=O)c3cnccn3)CC(C)C)(O1)[OH+]C2=O. The predicted molar refractivity (Wildman–Crippen MR) is 142 cm³/mol. The summed E-state index contributed by atoms with van der Waals surface area (Å²) < 4.78 is 15.9. The Hall–Kier alpha value is -4.13. The number of aliphatic carboxylic acids is 1. The van der Waals surface area contributed by atoms with Gasteiger partial charge in [0.1, 0.15) is 5.69 Å². The van der Waals surface area contributed by atoms with Gasteiger partial charge >= 0.3 is 12.7 Å². The van der Waals surface area contributed by atoms with Gasteiger partial charge in [0.15, 0.2) is 5.78 Å². The molecule has 0 spiro atoms. The van der Waals surface area contributed by atoms with E-state index >= 15 is 0 Å². The van der Waals surface area contributed by atoms with E-state index in [1.807, 2.05) is 44.2 Å². The average Bonchev–Trinajstić information content (AvgIpc) is 3.13. The molecular formula is C27H33BN4O8. The van der Waals surface area contributed by atoms with E-state index in [4.69, 9.17) is 9.31 Å². The van der Waals surface area contributed by atoms with Crippen LogP contribution in [0.5, 0.6) is 0 Å². The number of benzene rings is 1. The molecule has 1 unspecified atom stereocenters. The Kier molecular flexibility index (Phi) is 8.62. The molecule has 2 fully saturated rings. The molecule has 4 atom stereocenters. The van der Waals surface area contributed by atoms with E-state index in [0.717, 1.165) is 5.56 Å². The number of Topliss-reactive ketones (excluding diaryl/α,β-unsaturated/α-hetero) is 1. The predicted octanol–water partition coefficient (Wildman–Crippen LogP) is 1.04. The molecule has 0 saturated carbocycles. The van der Waals surface area contributed by atoms with Gasteiger partial charge in [-0.2, -0.15) is 0 Å². The third-order valence-electron chi connectivity index (χ3n) is 7.14. The monoisotopic (exact) mass is 552 g/mol.